The number of hydrogen-bond acceptors (Lipinski definition) is 5. The molecule has 6 nitrogen and oxygen atoms in total. The van der Waals surface area contributed by atoms with E-state index in [0.29, 0.717) is 13.0 Å². The van der Waals surface area contributed by atoms with Crippen molar-refractivity contribution in [3.05, 3.63) is 72.3 Å². The number of imidazole rings is 1. The van der Waals surface area contributed by atoms with Gasteiger partial charge in [-0.2, -0.15) is 0 Å². The fourth-order valence-corrected chi connectivity index (χ4v) is 4.62. The van der Waals surface area contributed by atoms with Crippen molar-refractivity contribution in [3.63, 3.8) is 0 Å². The van der Waals surface area contributed by atoms with E-state index in [2.05, 4.69) is 30.1 Å². The van der Waals surface area contributed by atoms with Crippen LogP contribution in [0.2, 0.25) is 0 Å². The van der Waals surface area contributed by atoms with E-state index >= 15 is 0 Å². The first-order valence-electron chi connectivity index (χ1n) is 10.5. The molecule has 0 atom stereocenters. The molecule has 0 spiro atoms. The SMILES string of the molecule is CCc1cccc2sc(N(CCCn3ccnc3)C(=O)Cc3ccc(OC)cc3)nc12. The minimum absolute atomic E-state index is 0.0490. The zero-order valence-electron chi connectivity index (χ0n) is 17.8. The van der Waals surface area contributed by atoms with Gasteiger partial charge in [-0.25, -0.2) is 9.97 Å². The summed E-state index contributed by atoms with van der Waals surface area (Å²) >= 11 is 1.58. The minimum Gasteiger partial charge on any atom is -0.497 e. The summed E-state index contributed by atoms with van der Waals surface area (Å²) in [6.45, 7) is 3.54. The molecule has 2 heterocycles. The molecule has 31 heavy (non-hydrogen) atoms. The van der Waals surface area contributed by atoms with Crippen LogP contribution in [-0.2, 0) is 24.2 Å². The number of carbonyl (C=O) groups excluding carboxylic acids is 1. The molecule has 160 valence electrons. The summed E-state index contributed by atoms with van der Waals surface area (Å²) in [5.74, 6) is 0.833. The van der Waals surface area contributed by atoms with Gasteiger partial charge in [0.2, 0.25) is 5.91 Å². The Bertz CT molecular complexity index is 1140. The maximum absolute atomic E-state index is 13.3. The highest BCUT2D eigenvalue weighted by Crippen LogP contribution is 2.31. The van der Waals surface area contributed by atoms with Crippen molar-refractivity contribution in [1.29, 1.82) is 0 Å². The van der Waals surface area contributed by atoms with Gasteiger partial charge in [0.25, 0.3) is 0 Å². The number of rotatable bonds is 9. The molecule has 7 heteroatoms. The van der Waals surface area contributed by atoms with Crippen LogP contribution >= 0.6 is 11.3 Å². The van der Waals surface area contributed by atoms with Crippen molar-refractivity contribution in [3.8, 4) is 5.75 Å². The Hall–Kier alpha value is -3.19. The molecule has 4 rings (SSSR count). The van der Waals surface area contributed by atoms with Crippen molar-refractivity contribution >= 4 is 32.6 Å². The lowest BCUT2D eigenvalue weighted by molar-refractivity contribution is -0.118. The molecule has 0 bridgehead atoms. The van der Waals surface area contributed by atoms with Crippen LogP contribution in [0.5, 0.6) is 5.75 Å². The van der Waals surface area contributed by atoms with Gasteiger partial charge >= 0.3 is 0 Å². The number of hydrogen-bond donors (Lipinski definition) is 0. The second-order valence-corrected chi connectivity index (χ2v) is 8.35. The molecule has 4 aromatic rings. The predicted octanol–water partition coefficient (Wildman–Crippen LogP) is 4.73. The number of ether oxygens (including phenoxy) is 1. The van der Waals surface area contributed by atoms with Crippen LogP contribution in [0.1, 0.15) is 24.5 Å². The number of para-hydroxylation sites is 1. The number of carbonyl (C=O) groups is 1. The van der Waals surface area contributed by atoms with Crippen molar-refractivity contribution in [2.45, 2.75) is 32.7 Å². The van der Waals surface area contributed by atoms with Crippen molar-refractivity contribution < 1.29 is 9.53 Å². The third-order valence-corrected chi connectivity index (χ3v) is 6.32. The molecule has 1 amide bonds. The smallest absolute Gasteiger partial charge is 0.233 e. The molecule has 0 saturated heterocycles. The average molecular weight is 435 g/mol. The summed E-state index contributed by atoms with van der Waals surface area (Å²) in [6.07, 6.45) is 7.57. The fourth-order valence-electron chi connectivity index (χ4n) is 3.57. The van der Waals surface area contributed by atoms with Gasteiger partial charge in [0.05, 0.1) is 30.1 Å². The summed E-state index contributed by atoms with van der Waals surface area (Å²) in [4.78, 5) is 24.1. The Labute approximate surface area is 186 Å². The number of fused-ring (bicyclic) bond motifs is 1. The summed E-state index contributed by atoms with van der Waals surface area (Å²) in [5, 5.41) is 0.764. The Morgan fingerprint density at radius 2 is 2.03 bits per heavy atom. The third kappa shape index (κ3) is 4.94. The van der Waals surface area contributed by atoms with E-state index < -0.39 is 0 Å². The van der Waals surface area contributed by atoms with Gasteiger partial charge in [0, 0.05) is 25.5 Å². The summed E-state index contributed by atoms with van der Waals surface area (Å²) in [7, 11) is 1.64. The first kappa shape index (κ1) is 21.1. The lowest BCUT2D eigenvalue weighted by Crippen LogP contribution is -2.33. The Balaban J connectivity index is 1.57. The van der Waals surface area contributed by atoms with E-state index in [1.165, 1.54) is 5.56 Å². The second kappa shape index (κ2) is 9.75. The average Bonchev–Trinajstić information content (AvgIpc) is 3.46. The zero-order valence-corrected chi connectivity index (χ0v) is 18.6. The number of aryl methyl sites for hydroxylation is 2. The number of aromatic nitrogens is 3. The van der Waals surface area contributed by atoms with Crippen LogP contribution in [0.15, 0.2) is 61.2 Å². The number of nitrogens with zero attached hydrogens (tertiary/aromatic N) is 4. The summed E-state index contributed by atoms with van der Waals surface area (Å²) in [5.41, 5.74) is 3.17. The van der Waals surface area contributed by atoms with E-state index in [-0.39, 0.29) is 5.91 Å². The van der Waals surface area contributed by atoms with Gasteiger partial charge in [-0.1, -0.05) is 42.5 Å². The molecule has 0 aliphatic heterocycles. The molecule has 0 saturated carbocycles. The largest absolute Gasteiger partial charge is 0.497 e. The van der Waals surface area contributed by atoms with Crippen molar-refractivity contribution in [1.82, 2.24) is 14.5 Å². The number of anilines is 1. The summed E-state index contributed by atoms with van der Waals surface area (Å²) in [6, 6.07) is 13.9. The molecule has 0 fully saturated rings. The molecule has 2 aromatic heterocycles. The van der Waals surface area contributed by atoms with E-state index in [4.69, 9.17) is 9.72 Å². The lowest BCUT2D eigenvalue weighted by Gasteiger charge is -2.20. The number of amides is 1. The van der Waals surface area contributed by atoms with Gasteiger partial charge < -0.3 is 9.30 Å². The lowest BCUT2D eigenvalue weighted by atomic mass is 10.1. The standard InChI is InChI=1S/C24H26N4O2S/c1-3-19-6-4-7-21-23(19)26-24(31-21)28(14-5-13-27-15-12-25-17-27)22(29)16-18-8-10-20(30-2)11-9-18/h4,6-12,15,17H,3,5,13-14,16H2,1-2H3. The highest BCUT2D eigenvalue weighted by atomic mass is 32.1. The van der Waals surface area contributed by atoms with Crippen LogP contribution < -0.4 is 9.64 Å². The maximum atomic E-state index is 13.3. The van der Waals surface area contributed by atoms with Gasteiger partial charge in [0.1, 0.15) is 5.75 Å². The van der Waals surface area contributed by atoms with E-state index in [1.807, 2.05) is 39.9 Å². The predicted molar refractivity (Wildman–Crippen MR) is 125 cm³/mol. The van der Waals surface area contributed by atoms with Crippen LogP contribution in [0.3, 0.4) is 0 Å². The Morgan fingerprint density at radius 1 is 1.19 bits per heavy atom. The van der Waals surface area contributed by atoms with Crippen LogP contribution in [0, 0.1) is 0 Å². The van der Waals surface area contributed by atoms with Crippen LogP contribution in [0.25, 0.3) is 10.2 Å². The normalized spacial score (nSPS) is 11.0. The third-order valence-electron chi connectivity index (χ3n) is 5.28. The number of thiazole rings is 1. The monoisotopic (exact) mass is 434 g/mol. The topological polar surface area (TPSA) is 60.2 Å². The fraction of sp³-hybridized carbons (Fsp3) is 0.292. The molecular weight excluding hydrogens is 408 g/mol. The molecule has 2 aromatic carbocycles. The first-order valence-corrected chi connectivity index (χ1v) is 11.3. The van der Waals surface area contributed by atoms with Crippen molar-refractivity contribution in [2.75, 3.05) is 18.6 Å². The van der Waals surface area contributed by atoms with Gasteiger partial charge in [-0.15, -0.1) is 0 Å². The molecule has 0 radical (unpaired) electrons. The zero-order chi connectivity index (χ0) is 21.6. The molecule has 0 aliphatic rings. The number of methoxy groups -OCH3 is 1. The number of benzene rings is 2. The Morgan fingerprint density at radius 3 is 2.74 bits per heavy atom. The van der Waals surface area contributed by atoms with Crippen LogP contribution in [0.4, 0.5) is 5.13 Å². The highest BCUT2D eigenvalue weighted by Gasteiger charge is 2.20. The van der Waals surface area contributed by atoms with Gasteiger partial charge in [-0.05, 0) is 42.2 Å². The quantitative estimate of drug-likeness (QED) is 0.382. The first-order chi connectivity index (χ1) is 15.2. The second-order valence-electron chi connectivity index (χ2n) is 7.34. The maximum Gasteiger partial charge on any atom is 0.233 e. The van der Waals surface area contributed by atoms with E-state index in [1.54, 1.807) is 31.0 Å². The Kier molecular flexibility index (Phi) is 6.62. The highest BCUT2D eigenvalue weighted by molar-refractivity contribution is 7.22. The molecular formula is C24H26N4O2S. The van der Waals surface area contributed by atoms with Gasteiger partial charge in [0.15, 0.2) is 5.13 Å². The molecule has 0 unspecified atom stereocenters. The minimum atomic E-state index is 0.0490. The van der Waals surface area contributed by atoms with Crippen molar-refractivity contribution in [2.24, 2.45) is 0 Å². The van der Waals surface area contributed by atoms with Gasteiger partial charge in [-0.3, -0.25) is 9.69 Å². The van der Waals surface area contributed by atoms with E-state index in [9.17, 15) is 4.79 Å². The van der Waals surface area contributed by atoms with E-state index in [0.717, 1.165) is 46.0 Å². The van der Waals surface area contributed by atoms with Crippen LogP contribution in [-0.4, -0.2) is 34.1 Å². The summed E-state index contributed by atoms with van der Waals surface area (Å²) < 4.78 is 8.37. The molecule has 0 N–H and O–H groups in total. The molecule has 0 aliphatic carbocycles.